The highest BCUT2D eigenvalue weighted by Crippen LogP contribution is 2.35. The van der Waals surface area contributed by atoms with E-state index in [1.54, 1.807) is 0 Å². The number of rotatable bonds is 14. The number of halogens is 1. The van der Waals surface area contributed by atoms with Crippen molar-refractivity contribution in [2.75, 3.05) is 6.61 Å². The van der Waals surface area contributed by atoms with Crippen molar-refractivity contribution in [2.24, 2.45) is 5.73 Å². The molecular formula is C35H39ClN2O5S. The minimum atomic E-state index is -0.545. The third-order valence-electron chi connectivity index (χ3n) is 7.09. The Morgan fingerprint density at radius 2 is 0.977 bits per heavy atom. The molecule has 0 unspecified atom stereocenters. The predicted octanol–water partition coefficient (Wildman–Crippen LogP) is 1.50. The SMILES string of the molecule is NC(=[NH2+])S[C@H]1O[C@H](COCc2ccccc2)[C@@H](OCc2ccccc2)[C@H](OCc2ccccc2)[C@H]1OCc1ccccc1.[Cl-]. The van der Waals surface area contributed by atoms with Crippen LogP contribution in [-0.2, 0) is 50.1 Å². The third kappa shape index (κ3) is 10.2. The van der Waals surface area contributed by atoms with Gasteiger partial charge in [-0.3, -0.25) is 11.1 Å². The van der Waals surface area contributed by atoms with Crippen LogP contribution in [0.15, 0.2) is 121 Å². The van der Waals surface area contributed by atoms with Gasteiger partial charge < -0.3 is 36.1 Å². The number of benzene rings is 4. The summed E-state index contributed by atoms with van der Waals surface area (Å²) in [6, 6.07) is 40.2. The molecule has 232 valence electrons. The summed E-state index contributed by atoms with van der Waals surface area (Å²) in [6.45, 7) is 1.84. The molecule has 9 heteroatoms. The van der Waals surface area contributed by atoms with Gasteiger partial charge in [-0.2, -0.15) is 0 Å². The summed E-state index contributed by atoms with van der Waals surface area (Å²) >= 11 is 1.23. The molecule has 1 saturated heterocycles. The predicted molar refractivity (Wildman–Crippen MR) is 169 cm³/mol. The molecule has 1 heterocycles. The maximum Gasteiger partial charge on any atom is 0.302 e. The van der Waals surface area contributed by atoms with Crippen LogP contribution in [0.2, 0.25) is 0 Å². The van der Waals surface area contributed by atoms with Gasteiger partial charge >= 0.3 is 5.17 Å². The molecule has 5 rings (SSSR count). The lowest BCUT2D eigenvalue weighted by molar-refractivity contribution is -0.254. The second kappa shape index (κ2) is 17.9. The maximum atomic E-state index is 6.69. The lowest BCUT2D eigenvalue weighted by atomic mass is 9.98. The van der Waals surface area contributed by atoms with E-state index in [2.05, 4.69) is 0 Å². The third-order valence-corrected chi connectivity index (χ3v) is 7.98. The fraction of sp³-hybridized carbons (Fsp3) is 0.286. The van der Waals surface area contributed by atoms with Crippen molar-refractivity contribution in [3.05, 3.63) is 144 Å². The fourth-order valence-electron chi connectivity index (χ4n) is 4.98. The van der Waals surface area contributed by atoms with E-state index in [0.29, 0.717) is 26.4 Å². The number of ether oxygens (including phenoxy) is 5. The Hall–Kier alpha value is -3.21. The van der Waals surface area contributed by atoms with E-state index in [1.807, 2.05) is 121 Å². The quantitative estimate of drug-likeness (QED) is 0.160. The molecule has 0 saturated carbocycles. The molecule has 1 aliphatic rings. The molecule has 4 aromatic rings. The summed E-state index contributed by atoms with van der Waals surface area (Å²) in [4.78, 5) is 0. The first-order chi connectivity index (χ1) is 21.2. The van der Waals surface area contributed by atoms with E-state index in [4.69, 9.17) is 34.8 Å². The number of thioether (sulfide) groups is 1. The van der Waals surface area contributed by atoms with Crippen molar-refractivity contribution < 1.29 is 41.5 Å². The Morgan fingerprint density at radius 1 is 0.591 bits per heavy atom. The second-order valence-corrected chi connectivity index (χ2v) is 11.5. The molecular weight excluding hydrogens is 596 g/mol. The van der Waals surface area contributed by atoms with Crippen LogP contribution in [0, 0.1) is 0 Å². The minimum Gasteiger partial charge on any atom is -1.00 e. The fourth-order valence-corrected chi connectivity index (χ4v) is 5.81. The average molecular weight is 635 g/mol. The van der Waals surface area contributed by atoms with Crippen molar-refractivity contribution in [1.82, 2.24) is 0 Å². The van der Waals surface area contributed by atoms with Crippen molar-refractivity contribution in [3.8, 4) is 0 Å². The zero-order valence-electron chi connectivity index (χ0n) is 24.5. The van der Waals surface area contributed by atoms with Crippen molar-refractivity contribution in [3.63, 3.8) is 0 Å². The van der Waals surface area contributed by atoms with E-state index < -0.39 is 29.9 Å². The Balaban J connectivity index is 0.00000442. The van der Waals surface area contributed by atoms with Gasteiger partial charge in [0, 0.05) is 0 Å². The van der Waals surface area contributed by atoms with Crippen molar-refractivity contribution >= 4 is 16.9 Å². The number of amidine groups is 1. The Bertz CT molecular complexity index is 1370. The molecule has 0 aliphatic carbocycles. The van der Waals surface area contributed by atoms with E-state index in [9.17, 15) is 0 Å². The Kier molecular flexibility index (Phi) is 13.7. The number of hydrogen-bond acceptors (Lipinski definition) is 6. The van der Waals surface area contributed by atoms with Crippen LogP contribution in [0.4, 0.5) is 0 Å². The first-order valence-electron chi connectivity index (χ1n) is 14.4. The Labute approximate surface area is 269 Å². The van der Waals surface area contributed by atoms with Crippen LogP contribution in [0.5, 0.6) is 0 Å². The van der Waals surface area contributed by atoms with Crippen molar-refractivity contribution in [2.45, 2.75) is 56.3 Å². The maximum absolute atomic E-state index is 6.69. The summed E-state index contributed by atoms with van der Waals surface area (Å²) in [5.41, 5.74) is 9.67. The monoisotopic (exact) mass is 634 g/mol. The molecule has 1 fully saturated rings. The van der Waals surface area contributed by atoms with Gasteiger partial charge in [-0.15, -0.1) is 0 Å². The van der Waals surface area contributed by atoms with E-state index in [1.165, 1.54) is 11.8 Å². The van der Waals surface area contributed by atoms with Crippen LogP contribution >= 0.6 is 11.8 Å². The molecule has 1 aliphatic heterocycles. The number of nitrogens with two attached hydrogens (primary N) is 2. The normalized spacial score (nSPS) is 21.3. The van der Waals surface area contributed by atoms with Crippen LogP contribution in [0.1, 0.15) is 22.3 Å². The molecule has 0 radical (unpaired) electrons. The van der Waals surface area contributed by atoms with E-state index >= 15 is 0 Å². The van der Waals surface area contributed by atoms with Gasteiger partial charge in [-0.1, -0.05) is 121 Å². The second-order valence-electron chi connectivity index (χ2n) is 10.3. The van der Waals surface area contributed by atoms with Gasteiger partial charge in [0.25, 0.3) is 0 Å². The highest BCUT2D eigenvalue weighted by molar-refractivity contribution is 8.13. The molecule has 0 amide bonds. The van der Waals surface area contributed by atoms with Crippen LogP contribution in [-0.4, -0.2) is 41.6 Å². The lowest BCUT2D eigenvalue weighted by Crippen LogP contribution is -3.00. The smallest absolute Gasteiger partial charge is 0.302 e. The van der Waals surface area contributed by atoms with Gasteiger partial charge in [-0.05, 0) is 34.0 Å². The highest BCUT2D eigenvalue weighted by Gasteiger charge is 2.49. The summed E-state index contributed by atoms with van der Waals surface area (Å²) in [5.74, 6) is 0. The summed E-state index contributed by atoms with van der Waals surface area (Å²) in [5, 5.41) is 6.20. The first-order valence-corrected chi connectivity index (χ1v) is 15.3. The van der Waals surface area contributed by atoms with Gasteiger partial charge in [0.1, 0.15) is 29.9 Å². The summed E-state index contributed by atoms with van der Waals surface area (Å²) in [6.07, 6.45) is -2.02. The van der Waals surface area contributed by atoms with Gasteiger partial charge in [0.15, 0.2) is 0 Å². The van der Waals surface area contributed by atoms with Crippen LogP contribution < -0.4 is 23.5 Å². The molecule has 44 heavy (non-hydrogen) atoms. The zero-order chi connectivity index (χ0) is 29.7. The molecule has 0 spiro atoms. The molecule has 0 aromatic heterocycles. The number of hydrogen-bond donors (Lipinski definition) is 2. The molecule has 4 N–H and O–H groups in total. The molecule has 7 nitrogen and oxygen atoms in total. The van der Waals surface area contributed by atoms with Gasteiger partial charge in [0.05, 0.1) is 33.0 Å². The highest BCUT2D eigenvalue weighted by atomic mass is 35.5. The molecule has 5 atom stereocenters. The minimum absolute atomic E-state index is 0. The van der Waals surface area contributed by atoms with E-state index in [-0.39, 0.29) is 24.2 Å². The van der Waals surface area contributed by atoms with Crippen LogP contribution in [0.25, 0.3) is 0 Å². The van der Waals surface area contributed by atoms with E-state index in [0.717, 1.165) is 22.3 Å². The summed E-state index contributed by atoms with van der Waals surface area (Å²) in [7, 11) is 0. The standard InChI is InChI=1S/C35H38N2O5S.ClH/c36-35(37)43-34-33(41-24-29-19-11-4-12-20-29)32(40-23-28-17-9-3-10-18-28)31(39-22-27-15-7-2-8-16-27)30(42-34)25-38-21-26-13-5-1-6-14-26;/h1-20,30-34H,21-25H2,(H3,36,37);1H/t30-,31-,32+,33-,34-;/m1./s1. The van der Waals surface area contributed by atoms with Crippen LogP contribution in [0.3, 0.4) is 0 Å². The van der Waals surface area contributed by atoms with Crippen molar-refractivity contribution in [1.29, 1.82) is 0 Å². The first kappa shape index (κ1) is 33.7. The molecule has 0 bridgehead atoms. The zero-order valence-corrected chi connectivity index (χ0v) is 26.0. The Morgan fingerprint density at radius 3 is 1.41 bits per heavy atom. The lowest BCUT2D eigenvalue weighted by Gasteiger charge is -2.45. The molecule has 4 aromatic carbocycles. The van der Waals surface area contributed by atoms with Gasteiger partial charge in [0.2, 0.25) is 0 Å². The topological polar surface area (TPSA) is 97.8 Å². The largest absolute Gasteiger partial charge is 1.00 e. The van der Waals surface area contributed by atoms with Gasteiger partial charge in [-0.25, -0.2) is 0 Å². The summed E-state index contributed by atoms with van der Waals surface area (Å²) < 4.78 is 32.7. The average Bonchev–Trinajstić information content (AvgIpc) is 3.04.